The van der Waals surface area contributed by atoms with Crippen LogP contribution in [0.15, 0.2) is 42.5 Å². The molecule has 1 saturated carbocycles. The Morgan fingerprint density at radius 3 is 2.47 bits per heavy atom. The van der Waals surface area contributed by atoms with E-state index in [4.69, 9.17) is 22.1 Å². The number of nitrogens with two attached hydrogens (primary N) is 1. The first-order valence-corrected chi connectivity index (χ1v) is 12.3. The number of carbonyl (C=O) groups is 2. The monoisotopic (exact) mass is 481 g/mol. The molecule has 1 heterocycles. The van der Waals surface area contributed by atoms with Gasteiger partial charge in [0.05, 0.1) is 19.0 Å². The lowest BCUT2D eigenvalue weighted by Crippen LogP contribution is -2.44. The highest BCUT2D eigenvalue weighted by atomic mass is 35.5. The Labute approximate surface area is 205 Å². The summed E-state index contributed by atoms with van der Waals surface area (Å²) in [5.41, 5.74) is 8.77. The van der Waals surface area contributed by atoms with Gasteiger partial charge >= 0.3 is 0 Å². The molecule has 0 aliphatic heterocycles. The zero-order valence-corrected chi connectivity index (χ0v) is 20.6. The van der Waals surface area contributed by atoms with Gasteiger partial charge in [-0.3, -0.25) is 14.2 Å². The molecule has 180 valence electrons. The van der Waals surface area contributed by atoms with Crippen molar-refractivity contribution >= 4 is 34.3 Å². The van der Waals surface area contributed by atoms with Crippen molar-refractivity contribution in [3.8, 4) is 5.75 Å². The third kappa shape index (κ3) is 4.84. The van der Waals surface area contributed by atoms with Gasteiger partial charge in [0, 0.05) is 40.8 Å². The number of hydrogen-bond donors (Lipinski definition) is 1. The van der Waals surface area contributed by atoms with Crippen LogP contribution in [0, 0.1) is 6.92 Å². The van der Waals surface area contributed by atoms with E-state index in [1.54, 1.807) is 35.9 Å². The van der Waals surface area contributed by atoms with E-state index in [9.17, 15) is 9.59 Å². The summed E-state index contributed by atoms with van der Waals surface area (Å²) in [6.07, 6.45) is 5.77. The molecule has 0 bridgehead atoms. The number of ether oxygens (including phenoxy) is 1. The molecular formula is C27H32ClN3O3. The predicted octanol–water partition coefficient (Wildman–Crippen LogP) is 4.96. The van der Waals surface area contributed by atoms with Gasteiger partial charge in [-0.05, 0) is 67.8 Å². The second kappa shape index (κ2) is 10.6. The molecule has 3 aromatic rings. The summed E-state index contributed by atoms with van der Waals surface area (Å²) in [6.45, 7) is 2.89. The van der Waals surface area contributed by atoms with Gasteiger partial charge in [0.15, 0.2) is 0 Å². The molecule has 0 spiro atoms. The maximum Gasteiger partial charge on any atom is 0.262 e. The van der Waals surface area contributed by atoms with E-state index in [0.29, 0.717) is 29.4 Å². The van der Waals surface area contributed by atoms with Crippen molar-refractivity contribution < 1.29 is 14.3 Å². The first-order chi connectivity index (χ1) is 16.4. The van der Waals surface area contributed by atoms with Gasteiger partial charge in [-0.15, -0.1) is 0 Å². The van der Waals surface area contributed by atoms with Crippen molar-refractivity contribution in [3.05, 3.63) is 64.3 Å². The molecule has 34 heavy (non-hydrogen) atoms. The fourth-order valence-corrected chi connectivity index (χ4v) is 5.22. The van der Waals surface area contributed by atoms with Gasteiger partial charge in [0.1, 0.15) is 5.75 Å². The maximum absolute atomic E-state index is 13.6. The lowest BCUT2D eigenvalue weighted by molar-refractivity contribution is -0.133. The lowest BCUT2D eigenvalue weighted by Gasteiger charge is -2.34. The van der Waals surface area contributed by atoms with Crippen LogP contribution < -0.4 is 10.5 Å². The SMILES string of the molecule is COc1ccc2c(c1)c(CC(=O)N(CCN)C1CCCCC1)c(C)n2C(=O)c1ccc(Cl)cc1. The van der Waals surface area contributed by atoms with Crippen LogP contribution in [-0.2, 0) is 11.2 Å². The predicted molar refractivity (Wildman–Crippen MR) is 136 cm³/mol. The molecule has 0 atom stereocenters. The summed E-state index contributed by atoms with van der Waals surface area (Å²) in [7, 11) is 1.61. The molecule has 1 amide bonds. The minimum absolute atomic E-state index is 0.0567. The summed E-state index contributed by atoms with van der Waals surface area (Å²) >= 11 is 6.02. The first-order valence-electron chi connectivity index (χ1n) is 11.9. The molecule has 1 aliphatic rings. The third-order valence-corrected chi connectivity index (χ3v) is 7.12. The van der Waals surface area contributed by atoms with Crippen molar-refractivity contribution in [2.24, 2.45) is 5.73 Å². The molecule has 1 fully saturated rings. The zero-order valence-electron chi connectivity index (χ0n) is 19.9. The Balaban J connectivity index is 1.75. The van der Waals surface area contributed by atoms with Crippen molar-refractivity contribution in [2.45, 2.75) is 51.5 Å². The Morgan fingerprint density at radius 2 is 1.82 bits per heavy atom. The normalized spacial score (nSPS) is 14.4. The summed E-state index contributed by atoms with van der Waals surface area (Å²) in [5, 5.41) is 1.42. The van der Waals surface area contributed by atoms with E-state index in [1.807, 2.05) is 30.0 Å². The van der Waals surface area contributed by atoms with E-state index in [-0.39, 0.29) is 24.3 Å². The molecule has 2 aromatic carbocycles. The molecule has 2 N–H and O–H groups in total. The topological polar surface area (TPSA) is 77.6 Å². The minimum atomic E-state index is -0.158. The van der Waals surface area contributed by atoms with Gasteiger partial charge in [0.25, 0.3) is 5.91 Å². The first kappa shape index (κ1) is 24.3. The average Bonchev–Trinajstić information content (AvgIpc) is 3.13. The van der Waals surface area contributed by atoms with Crippen LogP contribution in [0.5, 0.6) is 5.75 Å². The van der Waals surface area contributed by atoms with Gasteiger partial charge in [-0.1, -0.05) is 30.9 Å². The summed E-state index contributed by atoms with van der Waals surface area (Å²) in [6, 6.07) is 12.7. The molecule has 4 rings (SSSR count). The van der Waals surface area contributed by atoms with Crippen LogP contribution in [-0.4, -0.2) is 47.5 Å². The third-order valence-electron chi connectivity index (χ3n) is 6.87. The smallest absolute Gasteiger partial charge is 0.262 e. The Hall–Kier alpha value is -2.83. The van der Waals surface area contributed by atoms with Crippen molar-refractivity contribution in [1.29, 1.82) is 0 Å². The Kier molecular flexibility index (Phi) is 7.59. The molecular weight excluding hydrogens is 450 g/mol. The molecule has 1 aromatic heterocycles. The number of fused-ring (bicyclic) bond motifs is 1. The molecule has 7 heteroatoms. The number of aromatic nitrogens is 1. The summed E-state index contributed by atoms with van der Waals surface area (Å²) < 4.78 is 7.14. The zero-order chi connectivity index (χ0) is 24.2. The molecule has 0 unspecified atom stereocenters. The van der Waals surface area contributed by atoms with Crippen molar-refractivity contribution in [1.82, 2.24) is 9.47 Å². The maximum atomic E-state index is 13.6. The molecule has 6 nitrogen and oxygen atoms in total. The van der Waals surface area contributed by atoms with E-state index < -0.39 is 0 Å². The fourth-order valence-electron chi connectivity index (χ4n) is 5.09. The second-order valence-electron chi connectivity index (χ2n) is 8.94. The summed E-state index contributed by atoms with van der Waals surface area (Å²) in [5.74, 6) is 0.582. The number of halogens is 1. The Morgan fingerprint density at radius 1 is 1.12 bits per heavy atom. The Bertz CT molecular complexity index is 1180. The highest BCUT2D eigenvalue weighted by Gasteiger charge is 2.28. The number of rotatable bonds is 7. The molecule has 0 saturated heterocycles. The number of benzene rings is 2. The minimum Gasteiger partial charge on any atom is -0.497 e. The largest absolute Gasteiger partial charge is 0.497 e. The van der Waals surface area contributed by atoms with Crippen LogP contribution in [0.1, 0.15) is 53.7 Å². The molecule has 0 radical (unpaired) electrons. The number of carbonyl (C=O) groups excluding carboxylic acids is 2. The van der Waals surface area contributed by atoms with Gasteiger partial charge in [0.2, 0.25) is 5.91 Å². The number of amides is 1. The van der Waals surface area contributed by atoms with Crippen LogP contribution >= 0.6 is 11.6 Å². The van der Waals surface area contributed by atoms with Gasteiger partial charge in [-0.25, -0.2) is 0 Å². The van der Waals surface area contributed by atoms with Crippen molar-refractivity contribution in [3.63, 3.8) is 0 Å². The number of methoxy groups -OCH3 is 1. The highest BCUT2D eigenvalue weighted by Crippen LogP contribution is 2.32. The fraction of sp³-hybridized carbons (Fsp3) is 0.407. The number of nitrogens with zero attached hydrogens (tertiary/aromatic N) is 2. The van der Waals surface area contributed by atoms with E-state index >= 15 is 0 Å². The van der Waals surface area contributed by atoms with Crippen LogP contribution in [0.25, 0.3) is 10.9 Å². The van der Waals surface area contributed by atoms with E-state index in [2.05, 4.69) is 0 Å². The summed E-state index contributed by atoms with van der Waals surface area (Å²) in [4.78, 5) is 29.0. The van der Waals surface area contributed by atoms with E-state index in [0.717, 1.165) is 47.8 Å². The highest BCUT2D eigenvalue weighted by molar-refractivity contribution is 6.30. The van der Waals surface area contributed by atoms with Gasteiger partial charge < -0.3 is 15.4 Å². The van der Waals surface area contributed by atoms with Crippen LogP contribution in [0.3, 0.4) is 0 Å². The second-order valence-corrected chi connectivity index (χ2v) is 9.38. The number of hydrogen-bond acceptors (Lipinski definition) is 4. The lowest BCUT2D eigenvalue weighted by atomic mass is 9.93. The van der Waals surface area contributed by atoms with Gasteiger partial charge in [-0.2, -0.15) is 0 Å². The van der Waals surface area contributed by atoms with Crippen LogP contribution in [0.4, 0.5) is 0 Å². The van der Waals surface area contributed by atoms with Crippen molar-refractivity contribution in [2.75, 3.05) is 20.2 Å². The standard InChI is InChI=1S/C27H32ClN3O3/c1-18-23(17-26(32)30(15-14-29)21-6-4-3-5-7-21)24-16-22(34-2)12-13-25(24)31(18)27(33)19-8-10-20(28)11-9-19/h8-13,16,21H,3-7,14-15,17,29H2,1-2H3. The molecule has 1 aliphatic carbocycles. The average molecular weight is 482 g/mol. The van der Waals surface area contributed by atoms with E-state index in [1.165, 1.54) is 6.42 Å². The quantitative estimate of drug-likeness (QED) is 0.517. The van der Waals surface area contributed by atoms with Crippen LogP contribution in [0.2, 0.25) is 5.02 Å².